The molecule has 50 valence electrons. The van der Waals surface area contributed by atoms with E-state index in [-0.39, 0.29) is 0 Å². The van der Waals surface area contributed by atoms with Crippen molar-refractivity contribution in [3.63, 3.8) is 0 Å². The Morgan fingerprint density at radius 3 is 2.78 bits per heavy atom. The minimum atomic E-state index is 0.889. The highest BCUT2D eigenvalue weighted by molar-refractivity contribution is 5.53. The van der Waals surface area contributed by atoms with Gasteiger partial charge in [0.15, 0.2) is 0 Å². The number of allylic oxidation sites excluding steroid dienone is 3. The number of nitrogens with zero attached hydrogens (tertiary/aromatic N) is 1. The third-order valence-corrected chi connectivity index (χ3v) is 0.913. The van der Waals surface area contributed by atoms with E-state index in [1.165, 1.54) is 6.34 Å². The molecule has 0 aromatic rings. The molecule has 0 fully saturated rings. The Morgan fingerprint density at radius 2 is 2.44 bits per heavy atom. The van der Waals surface area contributed by atoms with Crippen molar-refractivity contribution in [1.29, 1.82) is 0 Å². The quantitative estimate of drug-likeness (QED) is 0.345. The summed E-state index contributed by atoms with van der Waals surface area (Å²) >= 11 is 0. The monoisotopic (exact) mass is 124 g/mol. The minimum Gasteiger partial charge on any atom is -0.390 e. The average molecular weight is 124 g/mol. The normalized spacial score (nSPS) is 12.3. The highest BCUT2D eigenvalue weighted by atomic mass is 14.8. The van der Waals surface area contributed by atoms with Gasteiger partial charge in [-0.2, -0.15) is 0 Å². The van der Waals surface area contributed by atoms with E-state index in [9.17, 15) is 0 Å². The van der Waals surface area contributed by atoms with Gasteiger partial charge < -0.3 is 5.73 Å². The number of nitrogens with two attached hydrogens (primary N) is 1. The molecule has 0 aliphatic carbocycles. The summed E-state index contributed by atoms with van der Waals surface area (Å²) in [4.78, 5) is 3.88. The smallest absolute Gasteiger partial charge is 0.0856 e. The van der Waals surface area contributed by atoms with E-state index in [0.29, 0.717) is 0 Å². The molecule has 0 saturated carbocycles. The van der Waals surface area contributed by atoms with Crippen molar-refractivity contribution in [2.45, 2.75) is 13.3 Å². The molecule has 0 aliphatic heterocycles. The van der Waals surface area contributed by atoms with Gasteiger partial charge in [-0.1, -0.05) is 19.6 Å². The Balaban J connectivity index is 3.96. The van der Waals surface area contributed by atoms with Crippen LogP contribution in [0.1, 0.15) is 13.3 Å². The van der Waals surface area contributed by atoms with Gasteiger partial charge in [0, 0.05) is 5.70 Å². The minimum absolute atomic E-state index is 0.889. The zero-order valence-electron chi connectivity index (χ0n) is 5.67. The lowest BCUT2D eigenvalue weighted by atomic mass is 10.3. The van der Waals surface area contributed by atoms with E-state index in [2.05, 4.69) is 11.6 Å². The second kappa shape index (κ2) is 5.09. The second-order valence-electron chi connectivity index (χ2n) is 1.53. The van der Waals surface area contributed by atoms with Crippen LogP contribution in [-0.2, 0) is 0 Å². The van der Waals surface area contributed by atoms with Gasteiger partial charge in [-0.05, 0) is 12.5 Å². The van der Waals surface area contributed by atoms with Crippen LogP contribution in [-0.4, -0.2) is 6.34 Å². The number of hydrogen-bond acceptors (Lipinski definition) is 1. The molecule has 0 unspecified atom stereocenters. The number of hydrogen-bond donors (Lipinski definition) is 1. The summed E-state index contributed by atoms with van der Waals surface area (Å²) in [7, 11) is 0. The van der Waals surface area contributed by atoms with E-state index >= 15 is 0 Å². The van der Waals surface area contributed by atoms with Gasteiger partial charge >= 0.3 is 0 Å². The van der Waals surface area contributed by atoms with Gasteiger partial charge in [0.2, 0.25) is 0 Å². The molecule has 0 radical (unpaired) electrons. The summed E-state index contributed by atoms with van der Waals surface area (Å²) in [5.41, 5.74) is 6.02. The molecule has 0 heterocycles. The first-order chi connectivity index (χ1) is 4.35. The fourth-order valence-corrected chi connectivity index (χ4v) is 0.484. The molecule has 9 heavy (non-hydrogen) atoms. The number of rotatable bonds is 3. The molecule has 0 rings (SSSR count). The van der Waals surface area contributed by atoms with Crippen LogP contribution in [0.3, 0.4) is 0 Å². The highest BCUT2D eigenvalue weighted by Gasteiger charge is 1.82. The summed E-state index contributed by atoms with van der Waals surface area (Å²) < 4.78 is 0. The first-order valence-electron chi connectivity index (χ1n) is 2.91. The molecule has 2 nitrogen and oxygen atoms in total. The van der Waals surface area contributed by atoms with E-state index in [0.717, 1.165) is 12.1 Å². The molecule has 0 spiro atoms. The average Bonchev–Trinajstić information content (AvgIpc) is 1.88. The maximum Gasteiger partial charge on any atom is 0.0856 e. The molecule has 0 saturated heterocycles. The second-order valence-corrected chi connectivity index (χ2v) is 1.53. The summed E-state index contributed by atoms with van der Waals surface area (Å²) in [6.45, 7) is 5.56. The lowest BCUT2D eigenvalue weighted by molar-refractivity contribution is 1.07. The van der Waals surface area contributed by atoms with Crippen molar-refractivity contribution < 1.29 is 0 Å². The highest BCUT2D eigenvalue weighted by Crippen LogP contribution is 1.99. The lowest BCUT2D eigenvalue weighted by Crippen LogP contribution is -1.88. The van der Waals surface area contributed by atoms with Gasteiger partial charge in [0.25, 0.3) is 0 Å². The van der Waals surface area contributed by atoms with Crippen molar-refractivity contribution >= 4 is 6.34 Å². The molecule has 2 heteroatoms. The van der Waals surface area contributed by atoms with Crippen molar-refractivity contribution in [3.8, 4) is 0 Å². The molecule has 0 atom stereocenters. The van der Waals surface area contributed by atoms with E-state index in [1.54, 1.807) is 6.08 Å². The zero-order chi connectivity index (χ0) is 7.11. The summed E-state index contributed by atoms with van der Waals surface area (Å²) in [5.74, 6) is 0. The summed E-state index contributed by atoms with van der Waals surface area (Å²) in [6.07, 6.45) is 5.72. The Morgan fingerprint density at radius 1 is 1.78 bits per heavy atom. The molecular weight excluding hydrogens is 112 g/mol. The van der Waals surface area contributed by atoms with Crippen LogP contribution in [0.15, 0.2) is 29.4 Å². The molecule has 0 bridgehead atoms. The standard InChI is InChI=1S/C7H12N2/c1-3-5-7(4-2)9-6-8/h3,5-6H,1,4H2,2H3,(H2,8,9)/b7-5+. The van der Waals surface area contributed by atoms with Gasteiger partial charge in [0.1, 0.15) is 0 Å². The van der Waals surface area contributed by atoms with Crippen molar-refractivity contribution in [2.75, 3.05) is 0 Å². The molecule has 0 aromatic carbocycles. The van der Waals surface area contributed by atoms with Crippen molar-refractivity contribution in [2.24, 2.45) is 10.7 Å². The van der Waals surface area contributed by atoms with Crippen LogP contribution in [0.2, 0.25) is 0 Å². The predicted octanol–water partition coefficient (Wildman–Crippen LogP) is 1.45. The number of aliphatic imine (C=N–C) groups is 1. The van der Waals surface area contributed by atoms with Gasteiger partial charge in [-0.25, -0.2) is 4.99 Å². The van der Waals surface area contributed by atoms with Crippen molar-refractivity contribution in [1.82, 2.24) is 0 Å². The molecule has 0 aliphatic rings. The Kier molecular flexibility index (Phi) is 4.50. The van der Waals surface area contributed by atoms with Crippen LogP contribution >= 0.6 is 0 Å². The van der Waals surface area contributed by atoms with Gasteiger partial charge in [-0.15, -0.1) is 0 Å². The van der Waals surface area contributed by atoms with Crippen LogP contribution < -0.4 is 5.73 Å². The van der Waals surface area contributed by atoms with Gasteiger partial charge in [-0.3, -0.25) is 0 Å². The maximum absolute atomic E-state index is 5.07. The molecule has 0 aromatic heterocycles. The van der Waals surface area contributed by atoms with Crippen LogP contribution in [0.25, 0.3) is 0 Å². The summed E-state index contributed by atoms with van der Waals surface area (Å²) in [5, 5.41) is 0. The van der Waals surface area contributed by atoms with Crippen LogP contribution in [0.4, 0.5) is 0 Å². The molecular formula is C7H12N2. The van der Waals surface area contributed by atoms with E-state index < -0.39 is 0 Å². The SMILES string of the molecule is C=C/C=C(\CC)N=CN. The predicted molar refractivity (Wildman–Crippen MR) is 41.3 cm³/mol. The Bertz CT molecular complexity index is 134. The zero-order valence-corrected chi connectivity index (χ0v) is 5.67. The first kappa shape index (κ1) is 7.95. The van der Waals surface area contributed by atoms with Crippen LogP contribution in [0, 0.1) is 0 Å². The topological polar surface area (TPSA) is 38.4 Å². The largest absolute Gasteiger partial charge is 0.390 e. The maximum atomic E-state index is 5.07. The fraction of sp³-hybridized carbons (Fsp3) is 0.286. The van der Waals surface area contributed by atoms with Crippen LogP contribution in [0.5, 0.6) is 0 Å². The Labute approximate surface area is 55.8 Å². The Hall–Kier alpha value is -1.05. The third-order valence-electron chi connectivity index (χ3n) is 0.913. The third kappa shape index (κ3) is 3.53. The van der Waals surface area contributed by atoms with E-state index in [1.807, 2.05) is 13.0 Å². The fourth-order valence-electron chi connectivity index (χ4n) is 0.484. The summed E-state index contributed by atoms with van der Waals surface area (Å²) in [6, 6.07) is 0. The first-order valence-corrected chi connectivity index (χ1v) is 2.91. The van der Waals surface area contributed by atoms with Crippen molar-refractivity contribution in [3.05, 3.63) is 24.4 Å². The molecule has 0 amide bonds. The van der Waals surface area contributed by atoms with E-state index in [4.69, 9.17) is 5.73 Å². The lowest BCUT2D eigenvalue weighted by Gasteiger charge is -1.90. The van der Waals surface area contributed by atoms with Gasteiger partial charge in [0.05, 0.1) is 6.34 Å². The molecule has 2 N–H and O–H groups in total.